The Morgan fingerprint density at radius 2 is 2.31 bits per heavy atom. The van der Waals surface area contributed by atoms with E-state index in [0.29, 0.717) is 5.92 Å². The molecule has 2 aromatic rings. The Balaban J connectivity index is 2.28. The van der Waals surface area contributed by atoms with Gasteiger partial charge >= 0.3 is 0 Å². The molecule has 3 N–H and O–H groups in total. The smallest absolute Gasteiger partial charge is 0.0648 e. The Hall–Kier alpha value is -0.990. The van der Waals surface area contributed by atoms with Crippen molar-refractivity contribution in [2.45, 2.75) is 25.2 Å². The van der Waals surface area contributed by atoms with Crippen molar-refractivity contribution in [2.24, 2.45) is 5.73 Å². The number of hydrogen-bond donors (Lipinski definition) is 2. The van der Waals surface area contributed by atoms with Gasteiger partial charge in [-0.1, -0.05) is 23.7 Å². The van der Waals surface area contributed by atoms with Crippen LogP contribution in [-0.2, 0) is 6.42 Å². The van der Waals surface area contributed by atoms with Crippen LogP contribution in [0.1, 0.15) is 30.0 Å². The van der Waals surface area contributed by atoms with Crippen LogP contribution in [0, 0.1) is 0 Å². The van der Waals surface area contributed by atoms with Crippen LogP contribution in [0.25, 0.3) is 10.9 Å². The Labute approximate surface area is 99.8 Å². The Bertz CT molecular complexity index is 530. The van der Waals surface area contributed by atoms with Crippen LogP contribution in [0.4, 0.5) is 0 Å². The van der Waals surface area contributed by atoms with Crippen LogP contribution in [0.5, 0.6) is 0 Å². The predicted octanol–water partition coefficient (Wildman–Crippen LogP) is 3.20. The topological polar surface area (TPSA) is 41.8 Å². The first-order valence-corrected chi connectivity index (χ1v) is 6.18. The fraction of sp³-hybridized carbons (Fsp3) is 0.385. The van der Waals surface area contributed by atoms with Crippen molar-refractivity contribution < 1.29 is 0 Å². The highest BCUT2D eigenvalue weighted by molar-refractivity contribution is 6.35. The standard InChI is InChI=1S/C13H15ClN2/c14-11-6-2-5-10-9-4-1-3-8(7-15)12(9)16-13(10)11/h2,5-6,8,16H,1,3-4,7,15H2. The van der Waals surface area contributed by atoms with E-state index in [9.17, 15) is 0 Å². The number of hydrogen-bond acceptors (Lipinski definition) is 1. The highest BCUT2D eigenvalue weighted by atomic mass is 35.5. The Morgan fingerprint density at radius 1 is 1.44 bits per heavy atom. The lowest BCUT2D eigenvalue weighted by molar-refractivity contribution is 0.553. The molecule has 3 heteroatoms. The van der Waals surface area contributed by atoms with E-state index in [-0.39, 0.29) is 0 Å². The van der Waals surface area contributed by atoms with E-state index in [1.807, 2.05) is 12.1 Å². The molecule has 1 aromatic heterocycles. The molecule has 3 rings (SSSR count). The fourth-order valence-electron chi connectivity index (χ4n) is 2.78. The number of benzene rings is 1. The number of nitrogens with two attached hydrogens (primary N) is 1. The molecule has 16 heavy (non-hydrogen) atoms. The zero-order valence-corrected chi connectivity index (χ0v) is 9.85. The third-order valence-corrected chi connectivity index (χ3v) is 3.91. The van der Waals surface area contributed by atoms with Gasteiger partial charge in [-0.05, 0) is 30.9 Å². The number of nitrogens with one attached hydrogen (secondary N) is 1. The Kier molecular flexibility index (Phi) is 2.41. The summed E-state index contributed by atoms with van der Waals surface area (Å²) in [6.45, 7) is 0.720. The van der Waals surface area contributed by atoms with Gasteiger partial charge in [-0.2, -0.15) is 0 Å². The number of H-pyrrole nitrogens is 1. The van der Waals surface area contributed by atoms with E-state index in [2.05, 4.69) is 11.1 Å². The van der Waals surface area contributed by atoms with Crippen LogP contribution >= 0.6 is 11.6 Å². The highest BCUT2D eigenvalue weighted by Crippen LogP contribution is 2.37. The number of aryl methyl sites for hydroxylation is 1. The molecule has 0 saturated heterocycles. The minimum Gasteiger partial charge on any atom is -0.357 e. The molecule has 1 aliphatic carbocycles. The SMILES string of the molecule is NCC1CCCc2c1[nH]c1c(Cl)cccc21. The second-order valence-electron chi connectivity index (χ2n) is 4.50. The molecule has 1 aliphatic rings. The molecule has 0 bridgehead atoms. The van der Waals surface area contributed by atoms with E-state index < -0.39 is 0 Å². The van der Waals surface area contributed by atoms with Gasteiger partial charge in [-0.15, -0.1) is 0 Å². The van der Waals surface area contributed by atoms with Gasteiger partial charge in [0.1, 0.15) is 0 Å². The van der Waals surface area contributed by atoms with Crippen molar-refractivity contribution in [2.75, 3.05) is 6.54 Å². The summed E-state index contributed by atoms with van der Waals surface area (Å²) in [6, 6.07) is 6.10. The molecule has 1 unspecified atom stereocenters. The number of para-hydroxylation sites is 1. The minimum absolute atomic E-state index is 0.479. The number of aromatic amines is 1. The minimum atomic E-state index is 0.479. The quantitative estimate of drug-likeness (QED) is 0.782. The maximum Gasteiger partial charge on any atom is 0.0648 e. The largest absolute Gasteiger partial charge is 0.357 e. The number of aromatic nitrogens is 1. The molecule has 1 heterocycles. The summed E-state index contributed by atoms with van der Waals surface area (Å²) < 4.78 is 0. The summed E-state index contributed by atoms with van der Waals surface area (Å²) in [5, 5.41) is 2.09. The lowest BCUT2D eigenvalue weighted by atomic mass is 9.87. The average Bonchev–Trinajstić information content (AvgIpc) is 2.69. The van der Waals surface area contributed by atoms with Crippen molar-refractivity contribution in [1.29, 1.82) is 0 Å². The van der Waals surface area contributed by atoms with E-state index in [4.69, 9.17) is 17.3 Å². The molecular weight excluding hydrogens is 220 g/mol. The number of halogens is 1. The van der Waals surface area contributed by atoms with Gasteiger partial charge < -0.3 is 10.7 Å². The molecule has 84 valence electrons. The molecule has 1 aromatic carbocycles. The zero-order valence-electron chi connectivity index (χ0n) is 9.09. The van der Waals surface area contributed by atoms with Gasteiger partial charge in [0.2, 0.25) is 0 Å². The molecule has 2 nitrogen and oxygen atoms in total. The van der Waals surface area contributed by atoms with Crippen molar-refractivity contribution >= 4 is 22.5 Å². The second kappa shape index (κ2) is 3.79. The van der Waals surface area contributed by atoms with Crippen LogP contribution in [-0.4, -0.2) is 11.5 Å². The molecule has 0 fully saturated rings. The lowest BCUT2D eigenvalue weighted by Gasteiger charge is -2.20. The van der Waals surface area contributed by atoms with Gasteiger partial charge in [0.05, 0.1) is 10.5 Å². The number of fused-ring (bicyclic) bond motifs is 3. The van der Waals surface area contributed by atoms with Crippen molar-refractivity contribution in [3.63, 3.8) is 0 Å². The summed E-state index contributed by atoms with van der Waals surface area (Å²) in [5.74, 6) is 0.479. The third-order valence-electron chi connectivity index (χ3n) is 3.60. The summed E-state index contributed by atoms with van der Waals surface area (Å²) in [4.78, 5) is 3.47. The molecule has 0 radical (unpaired) electrons. The first kappa shape index (κ1) is 10.2. The molecule has 0 aliphatic heterocycles. The Morgan fingerprint density at radius 3 is 3.12 bits per heavy atom. The zero-order chi connectivity index (χ0) is 11.1. The van der Waals surface area contributed by atoms with Gasteiger partial charge in [-0.25, -0.2) is 0 Å². The maximum atomic E-state index is 6.21. The van der Waals surface area contributed by atoms with E-state index >= 15 is 0 Å². The normalized spacial score (nSPS) is 20.0. The molecule has 0 saturated carbocycles. The summed E-state index contributed by atoms with van der Waals surface area (Å²) in [6.07, 6.45) is 3.56. The van der Waals surface area contributed by atoms with Crippen LogP contribution < -0.4 is 5.73 Å². The molecular formula is C13H15ClN2. The second-order valence-corrected chi connectivity index (χ2v) is 4.91. The molecule has 0 spiro atoms. The summed E-state index contributed by atoms with van der Waals surface area (Å²) in [7, 11) is 0. The molecule has 0 amide bonds. The van der Waals surface area contributed by atoms with Gasteiger partial charge in [0, 0.05) is 23.5 Å². The summed E-state index contributed by atoms with van der Waals surface area (Å²) >= 11 is 6.21. The first-order chi connectivity index (χ1) is 7.81. The van der Waals surface area contributed by atoms with Gasteiger partial charge in [0.25, 0.3) is 0 Å². The number of rotatable bonds is 1. The average molecular weight is 235 g/mol. The lowest BCUT2D eigenvalue weighted by Crippen LogP contribution is -2.17. The van der Waals surface area contributed by atoms with Crippen LogP contribution in [0.15, 0.2) is 18.2 Å². The van der Waals surface area contributed by atoms with Crippen molar-refractivity contribution in [3.8, 4) is 0 Å². The monoisotopic (exact) mass is 234 g/mol. The van der Waals surface area contributed by atoms with Gasteiger partial charge in [-0.3, -0.25) is 0 Å². The van der Waals surface area contributed by atoms with Crippen molar-refractivity contribution in [1.82, 2.24) is 4.98 Å². The van der Waals surface area contributed by atoms with Crippen molar-refractivity contribution in [3.05, 3.63) is 34.5 Å². The van der Waals surface area contributed by atoms with E-state index in [1.54, 1.807) is 0 Å². The van der Waals surface area contributed by atoms with Crippen LogP contribution in [0.3, 0.4) is 0 Å². The highest BCUT2D eigenvalue weighted by Gasteiger charge is 2.23. The van der Waals surface area contributed by atoms with E-state index in [1.165, 1.54) is 29.5 Å². The first-order valence-electron chi connectivity index (χ1n) is 5.80. The fourth-order valence-corrected chi connectivity index (χ4v) is 3.00. The van der Waals surface area contributed by atoms with Crippen LogP contribution in [0.2, 0.25) is 5.02 Å². The molecule has 1 atom stereocenters. The predicted molar refractivity (Wildman–Crippen MR) is 68.0 cm³/mol. The maximum absolute atomic E-state index is 6.21. The third kappa shape index (κ3) is 1.37. The summed E-state index contributed by atoms with van der Waals surface area (Å²) in [5.41, 5.74) is 9.65. The van der Waals surface area contributed by atoms with Gasteiger partial charge in [0.15, 0.2) is 0 Å². The van der Waals surface area contributed by atoms with E-state index in [0.717, 1.165) is 23.5 Å².